The van der Waals surface area contributed by atoms with Gasteiger partial charge in [-0.1, -0.05) is 234 Å². The number of unbranched alkanes of at least 4 members (excludes halogenated alkanes) is 27. The zero-order valence-electron chi connectivity index (χ0n) is 39.1. The van der Waals surface area contributed by atoms with Crippen LogP contribution in [-0.4, -0.2) is 37.2 Å². The van der Waals surface area contributed by atoms with Crippen LogP contribution in [0.15, 0.2) is 0 Å². The third-order valence-electron chi connectivity index (χ3n) is 11.4. The number of ether oxygens (including phenoxy) is 3. The maximum Gasteiger partial charge on any atom is 0.306 e. The summed E-state index contributed by atoms with van der Waals surface area (Å²) in [5.41, 5.74) is 0. The van der Waals surface area contributed by atoms with Crippen LogP contribution in [-0.2, 0) is 28.6 Å². The molecular weight excluding hydrogens is 709 g/mol. The molecule has 0 aliphatic rings. The van der Waals surface area contributed by atoms with E-state index in [4.69, 9.17) is 14.2 Å². The highest BCUT2D eigenvalue weighted by atomic mass is 16.6. The molecular formula is C51H98O6. The summed E-state index contributed by atoms with van der Waals surface area (Å²) in [5.74, 6) is 1.56. The lowest BCUT2D eigenvalue weighted by Gasteiger charge is -2.18. The first-order valence-corrected chi connectivity index (χ1v) is 25.1. The lowest BCUT2D eigenvalue weighted by Crippen LogP contribution is -2.30. The van der Waals surface area contributed by atoms with E-state index in [-0.39, 0.29) is 31.1 Å². The van der Waals surface area contributed by atoms with E-state index in [0.717, 1.165) is 75.5 Å². The maximum absolute atomic E-state index is 12.7. The Labute approximate surface area is 355 Å². The number of carbonyl (C=O) groups excluding carboxylic acids is 3. The fourth-order valence-corrected chi connectivity index (χ4v) is 7.59. The molecule has 0 spiro atoms. The van der Waals surface area contributed by atoms with Crippen molar-refractivity contribution in [2.24, 2.45) is 17.8 Å². The molecule has 338 valence electrons. The minimum Gasteiger partial charge on any atom is -0.462 e. The van der Waals surface area contributed by atoms with Gasteiger partial charge in [-0.2, -0.15) is 0 Å². The van der Waals surface area contributed by atoms with Gasteiger partial charge in [0.2, 0.25) is 0 Å². The Morgan fingerprint density at radius 2 is 0.509 bits per heavy atom. The van der Waals surface area contributed by atoms with Crippen LogP contribution >= 0.6 is 0 Å². The van der Waals surface area contributed by atoms with Crippen LogP contribution in [0.2, 0.25) is 0 Å². The Morgan fingerprint density at radius 3 is 0.754 bits per heavy atom. The molecule has 0 aromatic heterocycles. The highest BCUT2D eigenvalue weighted by molar-refractivity contribution is 5.71. The number of esters is 3. The Morgan fingerprint density at radius 1 is 0.298 bits per heavy atom. The molecule has 0 aromatic carbocycles. The van der Waals surface area contributed by atoms with Crippen molar-refractivity contribution >= 4 is 17.9 Å². The second kappa shape index (κ2) is 42.5. The second-order valence-corrected chi connectivity index (χ2v) is 18.9. The summed E-state index contributed by atoms with van der Waals surface area (Å²) in [6, 6.07) is 0. The smallest absolute Gasteiger partial charge is 0.306 e. The van der Waals surface area contributed by atoms with Crippen LogP contribution in [0.1, 0.15) is 273 Å². The lowest BCUT2D eigenvalue weighted by molar-refractivity contribution is -0.167. The number of hydrogen-bond acceptors (Lipinski definition) is 6. The Balaban J connectivity index is 4.25. The minimum atomic E-state index is -0.762. The van der Waals surface area contributed by atoms with Crippen molar-refractivity contribution in [3.63, 3.8) is 0 Å². The largest absolute Gasteiger partial charge is 0.462 e. The maximum atomic E-state index is 12.7. The fraction of sp³-hybridized carbons (Fsp3) is 0.941. The van der Waals surface area contributed by atoms with E-state index in [1.807, 2.05) is 0 Å². The molecule has 0 amide bonds. The van der Waals surface area contributed by atoms with Crippen LogP contribution in [0.5, 0.6) is 0 Å². The van der Waals surface area contributed by atoms with E-state index in [0.29, 0.717) is 19.3 Å². The summed E-state index contributed by atoms with van der Waals surface area (Å²) in [5, 5.41) is 0. The van der Waals surface area contributed by atoms with Crippen molar-refractivity contribution in [2.75, 3.05) is 13.2 Å². The van der Waals surface area contributed by atoms with Gasteiger partial charge in [-0.05, 0) is 37.0 Å². The third-order valence-corrected chi connectivity index (χ3v) is 11.4. The summed E-state index contributed by atoms with van der Waals surface area (Å²) in [7, 11) is 0. The van der Waals surface area contributed by atoms with Crippen molar-refractivity contribution in [1.29, 1.82) is 0 Å². The Hall–Kier alpha value is -1.59. The van der Waals surface area contributed by atoms with E-state index < -0.39 is 6.10 Å². The molecule has 1 atom stereocenters. The molecule has 0 N–H and O–H groups in total. The zero-order valence-corrected chi connectivity index (χ0v) is 39.1. The highest BCUT2D eigenvalue weighted by Gasteiger charge is 2.19. The minimum absolute atomic E-state index is 0.0659. The highest BCUT2D eigenvalue weighted by Crippen LogP contribution is 2.17. The van der Waals surface area contributed by atoms with Crippen LogP contribution in [0, 0.1) is 17.8 Å². The zero-order chi connectivity index (χ0) is 42.0. The van der Waals surface area contributed by atoms with Gasteiger partial charge in [0.1, 0.15) is 13.2 Å². The van der Waals surface area contributed by atoms with Gasteiger partial charge in [0.05, 0.1) is 0 Å². The predicted octanol–water partition coefficient (Wildman–Crippen LogP) is 16.0. The van der Waals surface area contributed by atoms with E-state index >= 15 is 0 Å². The van der Waals surface area contributed by atoms with Gasteiger partial charge >= 0.3 is 17.9 Å². The van der Waals surface area contributed by atoms with Crippen LogP contribution in [0.4, 0.5) is 0 Å². The Kier molecular flexibility index (Phi) is 41.3. The molecule has 0 rings (SSSR count). The molecule has 6 nitrogen and oxygen atoms in total. The molecule has 0 aliphatic heterocycles. The summed E-state index contributed by atoms with van der Waals surface area (Å²) < 4.78 is 16.8. The number of rotatable bonds is 44. The molecule has 0 heterocycles. The van der Waals surface area contributed by atoms with Crippen molar-refractivity contribution in [2.45, 2.75) is 279 Å². The molecule has 6 heteroatoms. The van der Waals surface area contributed by atoms with Crippen molar-refractivity contribution in [1.82, 2.24) is 0 Å². The quantitative estimate of drug-likeness (QED) is 0.0347. The standard InChI is InChI=1S/C51H98O6/c1-45(2)37-31-25-19-15-11-9-7-8-10-12-17-21-28-34-40-49(52)55-43-48(57-51(54)42-36-30-24-23-27-33-39-47(5)6)44-56-50(53)41-35-29-22-18-14-13-16-20-26-32-38-46(3)4/h45-48H,7-44H2,1-6H3/t48-/m0/s1. The molecule has 0 aliphatic carbocycles. The second-order valence-electron chi connectivity index (χ2n) is 18.9. The molecule has 0 saturated heterocycles. The first-order valence-electron chi connectivity index (χ1n) is 25.1. The monoisotopic (exact) mass is 807 g/mol. The molecule has 0 fully saturated rings. The fourth-order valence-electron chi connectivity index (χ4n) is 7.59. The van der Waals surface area contributed by atoms with E-state index in [9.17, 15) is 14.4 Å². The van der Waals surface area contributed by atoms with Gasteiger partial charge < -0.3 is 14.2 Å². The molecule has 0 radical (unpaired) electrons. The van der Waals surface area contributed by atoms with Crippen LogP contribution in [0.3, 0.4) is 0 Å². The summed E-state index contributed by atoms with van der Waals surface area (Å²) in [6.45, 7) is 13.6. The predicted molar refractivity (Wildman–Crippen MR) is 243 cm³/mol. The summed E-state index contributed by atoms with van der Waals surface area (Å²) in [4.78, 5) is 37.8. The van der Waals surface area contributed by atoms with Crippen LogP contribution in [0.25, 0.3) is 0 Å². The average molecular weight is 807 g/mol. The van der Waals surface area contributed by atoms with Gasteiger partial charge in [-0.25, -0.2) is 0 Å². The van der Waals surface area contributed by atoms with Gasteiger partial charge in [0.25, 0.3) is 0 Å². The first-order chi connectivity index (χ1) is 27.6. The van der Waals surface area contributed by atoms with Gasteiger partial charge in [-0.3, -0.25) is 14.4 Å². The van der Waals surface area contributed by atoms with Crippen molar-refractivity contribution in [3.8, 4) is 0 Å². The van der Waals surface area contributed by atoms with Gasteiger partial charge in [-0.15, -0.1) is 0 Å². The third kappa shape index (κ3) is 45.3. The van der Waals surface area contributed by atoms with E-state index in [1.54, 1.807) is 0 Å². The van der Waals surface area contributed by atoms with E-state index in [1.165, 1.54) is 154 Å². The van der Waals surface area contributed by atoms with Gasteiger partial charge in [0, 0.05) is 19.3 Å². The Bertz CT molecular complexity index is 883. The average Bonchev–Trinajstić information content (AvgIpc) is 3.16. The summed E-state index contributed by atoms with van der Waals surface area (Å²) >= 11 is 0. The lowest BCUT2D eigenvalue weighted by atomic mass is 10.0. The van der Waals surface area contributed by atoms with Crippen molar-refractivity contribution in [3.05, 3.63) is 0 Å². The van der Waals surface area contributed by atoms with E-state index in [2.05, 4.69) is 41.5 Å². The van der Waals surface area contributed by atoms with Crippen molar-refractivity contribution < 1.29 is 28.6 Å². The molecule has 57 heavy (non-hydrogen) atoms. The topological polar surface area (TPSA) is 78.9 Å². The molecule has 0 bridgehead atoms. The molecule has 0 unspecified atom stereocenters. The van der Waals surface area contributed by atoms with Crippen LogP contribution < -0.4 is 0 Å². The first kappa shape index (κ1) is 55.4. The SMILES string of the molecule is CC(C)CCCCCCCCCCCCCCCCC(=O)OC[C@@H](COC(=O)CCCCCCCCCCCCC(C)C)OC(=O)CCCCCCCCC(C)C. The molecule has 0 saturated carbocycles. The number of carbonyl (C=O) groups is 3. The van der Waals surface area contributed by atoms with Gasteiger partial charge in [0.15, 0.2) is 6.10 Å². The normalized spacial score (nSPS) is 12.2. The summed E-state index contributed by atoms with van der Waals surface area (Å²) in [6.07, 6.45) is 41.1. The molecule has 0 aromatic rings. The number of hydrogen-bond donors (Lipinski definition) is 0.